The van der Waals surface area contributed by atoms with Gasteiger partial charge in [-0.2, -0.15) is 0 Å². The molecule has 0 unspecified atom stereocenters. The van der Waals surface area contributed by atoms with Gasteiger partial charge in [0.1, 0.15) is 3.23 Å². The van der Waals surface area contributed by atoms with Crippen LogP contribution in [0.15, 0.2) is 0 Å². The van der Waals surface area contributed by atoms with E-state index in [4.69, 9.17) is 0 Å². The molecule has 0 rings (SSSR count). The maximum atomic E-state index is 11.2. The molecule has 0 fully saturated rings. The standard InChI is InChI=1S/C18H32Br4O2/c1-2-3-4-5-6-7-8-9-10-11-12-13-14-15-17(19,20)18(21,22)16(23)24/h2-15H2,1H3,(H,23,24). The van der Waals surface area contributed by atoms with Gasteiger partial charge in [0, 0.05) is 0 Å². The number of hydrogen-bond donors (Lipinski definition) is 1. The van der Waals surface area contributed by atoms with Crippen molar-refractivity contribution in [3.8, 4) is 0 Å². The third-order valence-electron chi connectivity index (χ3n) is 4.32. The van der Waals surface area contributed by atoms with Gasteiger partial charge in [0.05, 0.1) is 0 Å². The van der Waals surface area contributed by atoms with Gasteiger partial charge in [-0.25, -0.2) is 4.79 Å². The molecule has 0 spiro atoms. The molecule has 0 aliphatic rings. The van der Waals surface area contributed by atoms with Crippen molar-refractivity contribution in [2.75, 3.05) is 0 Å². The van der Waals surface area contributed by atoms with Crippen molar-refractivity contribution >= 4 is 69.7 Å². The third kappa shape index (κ3) is 11.2. The van der Waals surface area contributed by atoms with Crippen LogP contribution >= 0.6 is 63.7 Å². The summed E-state index contributed by atoms with van der Waals surface area (Å²) in [5.74, 6) is -0.939. The molecule has 0 saturated heterocycles. The molecule has 0 bridgehead atoms. The van der Waals surface area contributed by atoms with Gasteiger partial charge in [-0.1, -0.05) is 154 Å². The summed E-state index contributed by atoms with van der Waals surface area (Å²) < 4.78 is -1.87. The van der Waals surface area contributed by atoms with Crippen LogP contribution in [-0.4, -0.2) is 17.5 Å². The van der Waals surface area contributed by atoms with Crippen LogP contribution < -0.4 is 0 Å². The number of alkyl halides is 4. The molecule has 144 valence electrons. The first kappa shape index (κ1) is 25.4. The topological polar surface area (TPSA) is 37.3 Å². The van der Waals surface area contributed by atoms with Gasteiger partial charge in [0.15, 0.2) is 0 Å². The lowest BCUT2D eigenvalue weighted by Crippen LogP contribution is -2.41. The van der Waals surface area contributed by atoms with Crippen molar-refractivity contribution in [3.63, 3.8) is 0 Å². The molecular formula is C18H32Br4O2. The SMILES string of the molecule is CCCCCCCCCCCCCCCC(Br)(Br)C(Br)(Br)C(=O)O. The molecule has 0 radical (unpaired) electrons. The first-order chi connectivity index (χ1) is 11.3. The molecule has 0 saturated carbocycles. The summed E-state index contributed by atoms with van der Waals surface area (Å²) in [5.41, 5.74) is 0. The Morgan fingerprint density at radius 3 is 1.38 bits per heavy atom. The Morgan fingerprint density at radius 1 is 0.708 bits per heavy atom. The molecule has 0 aromatic heterocycles. The number of hydrogen-bond acceptors (Lipinski definition) is 1. The van der Waals surface area contributed by atoms with E-state index >= 15 is 0 Å². The van der Waals surface area contributed by atoms with Crippen molar-refractivity contribution in [2.45, 2.75) is 103 Å². The number of rotatable bonds is 16. The minimum Gasteiger partial charge on any atom is -0.480 e. The predicted molar refractivity (Wildman–Crippen MR) is 119 cm³/mol. The Balaban J connectivity index is 3.50. The molecule has 2 nitrogen and oxygen atoms in total. The molecule has 1 N–H and O–H groups in total. The molecule has 0 aliphatic carbocycles. The fourth-order valence-corrected chi connectivity index (χ4v) is 3.97. The van der Waals surface area contributed by atoms with Crippen LogP contribution in [0.3, 0.4) is 0 Å². The van der Waals surface area contributed by atoms with Crippen LogP contribution in [0.5, 0.6) is 0 Å². The highest BCUT2D eigenvalue weighted by atomic mass is 79.9. The molecule has 0 atom stereocenters. The van der Waals surface area contributed by atoms with E-state index in [0.717, 1.165) is 19.3 Å². The molecule has 0 aromatic carbocycles. The van der Waals surface area contributed by atoms with Crippen molar-refractivity contribution < 1.29 is 9.90 Å². The van der Waals surface area contributed by atoms with Gasteiger partial charge in [-0.05, 0) is 6.42 Å². The van der Waals surface area contributed by atoms with Gasteiger partial charge in [-0.3, -0.25) is 0 Å². The lowest BCUT2D eigenvalue weighted by atomic mass is 10.0. The summed E-state index contributed by atoms with van der Waals surface area (Å²) in [7, 11) is 0. The van der Waals surface area contributed by atoms with E-state index in [2.05, 4.69) is 70.6 Å². The monoisotopic (exact) mass is 596 g/mol. The minimum absolute atomic E-state index is 0.684. The minimum atomic E-state index is -1.19. The quantitative estimate of drug-likeness (QED) is 0.143. The van der Waals surface area contributed by atoms with E-state index in [9.17, 15) is 9.90 Å². The van der Waals surface area contributed by atoms with Gasteiger partial charge >= 0.3 is 5.97 Å². The lowest BCUT2D eigenvalue weighted by molar-refractivity contribution is -0.137. The lowest BCUT2D eigenvalue weighted by Gasteiger charge is -2.30. The second kappa shape index (κ2) is 14.4. The molecule has 0 heterocycles. The number of halogens is 4. The zero-order valence-electron chi connectivity index (χ0n) is 14.8. The van der Waals surface area contributed by atoms with Crippen LogP contribution in [0.1, 0.15) is 96.8 Å². The van der Waals surface area contributed by atoms with Crippen LogP contribution in [-0.2, 0) is 4.79 Å². The largest absolute Gasteiger partial charge is 0.480 e. The summed E-state index contributed by atoms with van der Waals surface area (Å²) in [6.45, 7) is 2.26. The Bertz CT molecular complexity index is 333. The smallest absolute Gasteiger partial charge is 0.333 e. The van der Waals surface area contributed by atoms with E-state index in [-0.39, 0.29) is 0 Å². The first-order valence-electron chi connectivity index (χ1n) is 9.24. The normalized spacial score (nSPS) is 12.5. The fourth-order valence-electron chi connectivity index (χ4n) is 2.68. The summed E-state index contributed by atoms with van der Waals surface area (Å²) >= 11 is 13.4. The summed E-state index contributed by atoms with van der Waals surface area (Å²) in [6, 6.07) is 0. The summed E-state index contributed by atoms with van der Waals surface area (Å²) in [4.78, 5) is 11.2. The second-order valence-electron chi connectivity index (χ2n) is 6.58. The van der Waals surface area contributed by atoms with E-state index in [1.165, 1.54) is 70.6 Å². The van der Waals surface area contributed by atoms with Gasteiger partial charge < -0.3 is 5.11 Å². The molecule has 0 aromatic rings. The number of carboxylic acid groups (broad SMARTS) is 1. The van der Waals surface area contributed by atoms with E-state index in [1.54, 1.807) is 0 Å². The average molecular weight is 600 g/mol. The number of unbranched alkanes of at least 4 members (excludes halogenated alkanes) is 12. The highest BCUT2D eigenvalue weighted by molar-refractivity contribution is 9.30. The zero-order valence-corrected chi connectivity index (χ0v) is 21.1. The number of carboxylic acids is 1. The van der Waals surface area contributed by atoms with Crippen LogP contribution in [0.25, 0.3) is 0 Å². The number of carbonyl (C=O) groups is 1. The van der Waals surface area contributed by atoms with Crippen LogP contribution in [0.4, 0.5) is 0 Å². The fraction of sp³-hybridized carbons (Fsp3) is 0.944. The summed E-state index contributed by atoms with van der Waals surface area (Å²) in [5, 5.41) is 9.23. The Kier molecular flexibility index (Phi) is 15.3. The molecular weight excluding hydrogens is 568 g/mol. The van der Waals surface area contributed by atoms with Crippen molar-refractivity contribution in [2.24, 2.45) is 0 Å². The maximum Gasteiger partial charge on any atom is 0.333 e. The highest BCUT2D eigenvalue weighted by Crippen LogP contribution is 2.51. The van der Waals surface area contributed by atoms with Gasteiger partial charge in [0.25, 0.3) is 0 Å². The third-order valence-corrected chi connectivity index (χ3v) is 10.5. The maximum absolute atomic E-state index is 11.2. The van der Waals surface area contributed by atoms with E-state index in [0.29, 0.717) is 0 Å². The molecule has 24 heavy (non-hydrogen) atoms. The summed E-state index contributed by atoms with van der Waals surface area (Å²) in [6.07, 6.45) is 17.8. The molecule has 0 aliphatic heterocycles. The Labute approximate surface area is 181 Å². The highest BCUT2D eigenvalue weighted by Gasteiger charge is 2.50. The van der Waals surface area contributed by atoms with Crippen LogP contribution in [0.2, 0.25) is 0 Å². The van der Waals surface area contributed by atoms with Gasteiger partial charge in [-0.15, -0.1) is 0 Å². The second-order valence-corrected chi connectivity index (χ2v) is 13.8. The molecule has 6 heteroatoms. The van der Waals surface area contributed by atoms with Crippen molar-refractivity contribution in [1.82, 2.24) is 0 Å². The van der Waals surface area contributed by atoms with E-state index < -0.39 is 12.4 Å². The van der Waals surface area contributed by atoms with E-state index in [1.807, 2.05) is 0 Å². The average Bonchev–Trinajstić information content (AvgIpc) is 2.51. The Morgan fingerprint density at radius 2 is 1.04 bits per heavy atom. The number of aliphatic carboxylic acids is 1. The van der Waals surface area contributed by atoms with Gasteiger partial charge in [0.2, 0.25) is 3.23 Å². The predicted octanol–water partition coefficient (Wildman–Crippen LogP) is 8.52. The van der Waals surface area contributed by atoms with Crippen LogP contribution in [0, 0.1) is 0 Å². The van der Waals surface area contributed by atoms with Crippen molar-refractivity contribution in [1.29, 1.82) is 0 Å². The first-order valence-corrected chi connectivity index (χ1v) is 12.4. The van der Waals surface area contributed by atoms with Crippen molar-refractivity contribution in [3.05, 3.63) is 0 Å². The molecule has 0 amide bonds. The zero-order chi connectivity index (χ0) is 18.5. The Hall–Kier alpha value is 1.39.